The number of carbonyl (C=O) groups excluding carboxylic acids is 2. The summed E-state index contributed by atoms with van der Waals surface area (Å²) in [5, 5.41) is 34.1. The second kappa shape index (κ2) is 11.7. The van der Waals surface area contributed by atoms with Crippen LogP contribution < -0.4 is 21.7 Å². The van der Waals surface area contributed by atoms with Crippen LogP contribution >= 0.6 is 0 Å². The number of hydrogen-bond acceptors (Lipinski definition) is 8. The van der Waals surface area contributed by atoms with Crippen LogP contribution in [0.1, 0.15) is 23.2 Å². The molecule has 1 unspecified atom stereocenters. The van der Waals surface area contributed by atoms with Crippen molar-refractivity contribution in [1.29, 1.82) is 5.41 Å². The third kappa shape index (κ3) is 7.51. The molecule has 1 atom stereocenters. The van der Waals surface area contributed by atoms with E-state index in [0.717, 1.165) is 0 Å². The zero-order chi connectivity index (χ0) is 24.4. The molecular formula is C21H23N7O5. The summed E-state index contributed by atoms with van der Waals surface area (Å²) in [6, 6.07) is 4.98. The van der Waals surface area contributed by atoms with Crippen molar-refractivity contribution in [2.45, 2.75) is 18.9 Å². The molecule has 2 amide bonds. The van der Waals surface area contributed by atoms with Crippen LogP contribution in [0, 0.1) is 17.8 Å². The van der Waals surface area contributed by atoms with Crippen LogP contribution in [-0.2, 0) is 9.59 Å². The molecular weight excluding hydrogens is 430 g/mol. The molecule has 0 fully saturated rings. The molecule has 1 aliphatic heterocycles. The van der Waals surface area contributed by atoms with Crippen molar-refractivity contribution in [3.05, 3.63) is 41.4 Å². The van der Waals surface area contributed by atoms with E-state index in [1.165, 1.54) is 18.3 Å². The van der Waals surface area contributed by atoms with Crippen molar-refractivity contribution >= 4 is 41.2 Å². The van der Waals surface area contributed by atoms with E-state index in [1.54, 1.807) is 12.1 Å². The normalized spacial score (nSPS) is 15.0. The van der Waals surface area contributed by atoms with Gasteiger partial charge in [-0.3, -0.25) is 15.0 Å². The molecule has 0 aromatic heterocycles. The van der Waals surface area contributed by atoms with Crippen LogP contribution in [0.2, 0.25) is 0 Å². The Balaban J connectivity index is 1.93. The van der Waals surface area contributed by atoms with Crippen LogP contribution in [0.3, 0.4) is 0 Å². The van der Waals surface area contributed by atoms with Gasteiger partial charge in [-0.15, -0.1) is 6.42 Å². The third-order valence-electron chi connectivity index (χ3n) is 4.34. The quantitative estimate of drug-likeness (QED) is 0.191. The fraction of sp³-hybridized carbons (Fsp3) is 0.238. The number of benzene rings is 1. The summed E-state index contributed by atoms with van der Waals surface area (Å²) in [5.74, 6) is -0.873. The molecule has 1 aromatic carbocycles. The van der Waals surface area contributed by atoms with Crippen LogP contribution in [0.15, 0.2) is 45.8 Å². The average Bonchev–Trinajstić information content (AvgIpc) is 2.79. The molecule has 172 valence electrons. The summed E-state index contributed by atoms with van der Waals surface area (Å²) in [5.41, 5.74) is 6.43. The number of carboxylic acids is 1. The zero-order valence-electron chi connectivity index (χ0n) is 17.5. The SMILES string of the molecule is C#CCNC(=O)CCC(NC(=O)c1ccc(NCC2=N/C(=C(/N)O)C(=N)N=C2)cc1)C(=O)O. The Labute approximate surface area is 189 Å². The van der Waals surface area contributed by atoms with E-state index in [0.29, 0.717) is 11.4 Å². The highest BCUT2D eigenvalue weighted by molar-refractivity contribution is 6.36. The lowest BCUT2D eigenvalue weighted by Crippen LogP contribution is -2.41. The molecule has 1 heterocycles. The van der Waals surface area contributed by atoms with Crippen molar-refractivity contribution in [2.75, 3.05) is 18.4 Å². The molecule has 0 saturated heterocycles. The van der Waals surface area contributed by atoms with E-state index in [-0.39, 0.29) is 43.0 Å². The molecule has 0 spiro atoms. The van der Waals surface area contributed by atoms with Crippen molar-refractivity contribution < 1.29 is 24.6 Å². The lowest BCUT2D eigenvalue weighted by molar-refractivity contribution is -0.139. The molecule has 0 saturated carbocycles. The molecule has 12 heteroatoms. The molecule has 33 heavy (non-hydrogen) atoms. The summed E-state index contributed by atoms with van der Waals surface area (Å²) in [7, 11) is 0. The number of rotatable bonds is 10. The summed E-state index contributed by atoms with van der Waals surface area (Å²) < 4.78 is 0. The van der Waals surface area contributed by atoms with E-state index >= 15 is 0 Å². The number of nitrogens with two attached hydrogens (primary N) is 1. The topological polar surface area (TPSA) is 202 Å². The summed E-state index contributed by atoms with van der Waals surface area (Å²) in [6.07, 6.45) is 6.21. The van der Waals surface area contributed by atoms with Crippen LogP contribution in [-0.4, -0.2) is 64.9 Å². The third-order valence-corrected chi connectivity index (χ3v) is 4.34. The van der Waals surface area contributed by atoms with Crippen molar-refractivity contribution in [3.63, 3.8) is 0 Å². The van der Waals surface area contributed by atoms with Gasteiger partial charge < -0.3 is 31.9 Å². The number of carboxylic acid groups (broad SMARTS) is 1. The number of aliphatic imine (C=N–C) groups is 2. The minimum atomic E-state index is -1.26. The maximum Gasteiger partial charge on any atom is 0.326 e. The number of carbonyl (C=O) groups is 3. The predicted molar refractivity (Wildman–Crippen MR) is 122 cm³/mol. The van der Waals surface area contributed by atoms with E-state index in [9.17, 15) is 24.6 Å². The number of amidine groups is 1. The largest absolute Gasteiger partial charge is 0.493 e. The number of aliphatic hydroxyl groups excluding tert-OH is 1. The first-order chi connectivity index (χ1) is 15.7. The lowest BCUT2D eigenvalue weighted by Gasteiger charge is -2.15. The molecule has 1 aromatic rings. The fourth-order valence-corrected chi connectivity index (χ4v) is 2.63. The standard InChI is InChI=1S/C21H23N7O5/c1-2-9-24-16(29)8-7-15(21(32)33)28-20(31)12-3-5-13(6-4-12)25-10-14-11-26-18(22)17(27-14)19(23)30/h1,3-6,11,15,22,25,30H,7-10,23H2,(H,24,29)(H,28,31)(H,32,33)/b19-17-,22-18?. The number of aliphatic carboxylic acids is 1. The number of nitrogens with zero attached hydrogens (tertiary/aromatic N) is 2. The van der Waals surface area contributed by atoms with Gasteiger partial charge in [-0.2, -0.15) is 0 Å². The smallest absolute Gasteiger partial charge is 0.326 e. The minimum Gasteiger partial charge on any atom is -0.493 e. The first-order valence-electron chi connectivity index (χ1n) is 9.68. The Hall–Kier alpha value is -4.66. The van der Waals surface area contributed by atoms with Crippen LogP contribution in [0.5, 0.6) is 0 Å². The van der Waals surface area contributed by atoms with E-state index in [1.807, 2.05) is 0 Å². The molecule has 0 radical (unpaired) electrons. The van der Waals surface area contributed by atoms with Gasteiger partial charge in [-0.05, 0) is 30.7 Å². The summed E-state index contributed by atoms with van der Waals surface area (Å²) >= 11 is 0. The Bertz CT molecular complexity index is 1060. The van der Waals surface area contributed by atoms with E-state index in [2.05, 4.69) is 31.9 Å². The summed E-state index contributed by atoms with van der Waals surface area (Å²) in [4.78, 5) is 43.3. The van der Waals surface area contributed by atoms with Gasteiger partial charge in [0.15, 0.2) is 11.5 Å². The first kappa shape index (κ1) is 24.6. The molecule has 12 nitrogen and oxygen atoms in total. The Morgan fingerprint density at radius 1 is 1.21 bits per heavy atom. The zero-order valence-corrected chi connectivity index (χ0v) is 17.5. The van der Waals surface area contributed by atoms with Gasteiger partial charge in [0.05, 0.1) is 25.0 Å². The van der Waals surface area contributed by atoms with Gasteiger partial charge in [0.1, 0.15) is 6.04 Å². The van der Waals surface area contributed by atoms with Gasteiger partial charge in [0.25, 0.3) is 5.91 Å². The minimum absolute atomic E-state index is 0.0422. The van der Waals surface area contributed by atoms with Crippen molar-refractivity contribution in [2.24, 2.45) is 15.7 Å². The molecule has 2 rings (SSSR count). The molecule has 8 N–H and O–H groups in total. The second-order valence-corrected chi connectivity index (χ2v) is 6.76. The highest BCUT2D eigenvalue weighted by atomic mass is 16.4. The van der Waals surface area contributed by atoms with E-state index < -0.39 is 29.7 Å². The number of terminal acetylenes is 1. The second-order valence-electron chi connectivity index (χ2n) is 6.76. The maximum absolute atomic E-state index is 12.4. The molecule has 0 bridgehead atoms. The van der Waals surface area contributed by atoms with Gasteiger partial charge in [-0.1, -0.05) is 5.92 Å². The lowest BCUT2D eigenvalue weighted by atomic mass is 10.1. The first-order valence-corrected chi connectivity index (χ1v) is 9.68. The van der Waals surface area contributed by atoms with E-state index in [4.69, 9.17) is 17.6 Å². The Morgan fingerprint density at radius 2 is 1.91 bits per heavy atom. The molecule has 1 aliphatic rings. The Morgan fingerprint density at radius 3 is 2.52 bits per heavy atom. The van der Waals surface area contributed by atoms with Crippen LogP contribution in [0.4, 0.5) is 5.69 Å². The van der Waals surface area contributed by atoms with Crippen LogP contribution in [0.25, 0.3) is 0 Å². The number of nitrogens with one attached hydrogen (secondary N) is 4. The monoisotopic (exact) mass is 453 g/mol. The van der Waals surface area contributed by atoms with Gasteiger partial charge >= 0.3 is 5.97 Å². The molecule has 0 aliphatic carbocycles. The number of amides is 2. The average molecular weight is 453 g/mol. The number of hydrogen-bond donors (Lipinski definition) is 7. The fourth-order valence-electron chi connectivity index (χ4n) is 2.63. The van der Waals surface area contributed by atoms with Crippen molar-refractivity contribution in [1.82, 2.24) is 10.6 Å². The van der Waals surface area contributed by atoms with Crippen molar-refractivity contribution in [3.8, 4) is 12.3 Å². The maximum atomic E-state index is 12.4. The van der Waals surface area contributed by atoms with Gasteiger partial charge in [-0.25, -0.2) is 14.8 Å². The summed E-state index contributed by atoms with van der Waals surface area (Å²) in [6.45, 7) is 0.252. The predicted octanol–water partition coefficient (Wildman–Crippen LogP) is -0.000430. The number of aliphatic hydroxyl groups is 1. The number of anilines is 1. The van der Waals surface area contributed by atoms with Gasteiger partial charge in [0.2, 0.25) is 11.8 Å². The highest BCUT2D eigenvalue weighted by Crippen LogP contribution is 2.12. The Kier molecular flexibility index (Phi) is 8.69. The highest BCUT2D eigenvalue weighted by Gasteiger charge is 2.21. The van der Waals surface area contributed by atoms with Gasteiger partial charge in [0, 0.05) is 17.7 Å².